The molecule has 0 unspecified atom stereocenters. The van der Waals surface area contributed by atoms with Gasteiger partial charge in [0.25, 0.3) is 0 Å². The number of aromatic nitrogens is 1. The quantitative estimate of drug-likeness (QED) is 0.843. The maximum atomic E-state index is 12.9. The van der Waals surface area contributed by atoms with Crippen molar-refractivity contribution in [3.05, 3.63) is 47.1 Å². The van der Waals surface area contributed by atoms with Gasteiger partial charge in [0.1, 0.15) is 17.2 Å². The molecule has 2 aromatic rings. The van der Waals surface area contributed by atoms with E-state index in [9.17, 15) is 4.39 Å². The average Bonchev–Trinajstić information content (AvgIpc) is 2.57. The summed E-state index contributed by atoms with van der Waals surface area (Å²) in [7, 11) is 0. The molecule has 4 heteroatoms. The minimum absolute atomic E-state index is 0.272. The molecule has 0 atom stereocenters. The van der Waals surface area contributed by atoms with Crippen LogP contribution >= 0.6 is 0 Å². The first-order chi connectivity index (χ1) is 7.66. The lowest BCUT2D eigenvalue weighted by Crippen LogP contribution is -1.87. The predicted molar refractivity (Wildman–Crippen MR) is 61.0 cm³/mol. The zero-order valence-electron chi connectivity index (χ0n) is 8.77. The lowest BCUT2D eigenvalue weighted by atomic mass is 10.2. The summed E-state index contributed by atoms with van der Waals surface area (Å²) < 4.78 is 17.8. The largest absolute Gasteiger partial charge is 0.394 e. The summed E-state index contributed by atoms with van der Waals surface area (Å²) in [5.74, 6) is 0.311. The molecule has 3 nitrogen and oxygen atoms in total. The predicted octanol–water partition coefficient (Wildman–Crippen LogP) is 2.87. The van der Waals surface area contributed by atoms with Gasteiger partial charge in [0, 0.05) is 0 Å². The number of nitrogens with zero attached hydrogens (tertiary/aromatic N) is 1. The topological polar surface area (TPSA) is 52.0 Å². The number of benzene rings is 1. The van der Waals surface area contributed by atoms with E-state index in [1.165, 1.54) is 12.1 Å². The van der Waals surface area contributed by atoms with Gasteiger partial charge in [-0.25, -0.2) is 4.39 Å². The van der Waals surface area contributed by atoms with E-state index < -0.39 is 0 Å². The van der Waals surface area contributed by atoms with Crippen molar-refractivity contribution in [1.82, 2.24) is 5.16 Å². The van der Waals surface area contributed by atoms with Crippen molar-refractivity contribution in [1.29, 1.82) is 0 Å². The van der Waals surface area contributed by atoms with Crippen LogP contribution in [0.5, 0.6) is 0 Å². The smallest absolute Gasteiger partial charge is 0.157 e. The molecule has 1 aromatic carbocycles. The monoisotopic (exact) mass is 218 g/mol. The van der Waals surface area contributed by atoms with E-state index in [1.807, 2.05) is 0 Å². The maximum absolute atomic E-state index is 12.9. The van der Waals surface area contributed by atoms with Crippen molar-refractivity contribution in [3.63, 3.8) is 0 Å². The van der Waals surface area contributed by atoms with Crippen LogP contribution in [-0.4, -0.2) is 5.16 Å². The van der Waals surface area contributed by atoms with Gasteiger partial charge in [0.2, 0.25) is 0 Å². The number of halogens is 1. The summed E-state index contributed by atoms with van der Waals surface area (Å²) in [5.41, 5.74) is 7.53. The zero-order valence-corrected chi connectivity index (χ0v) is 8.77. The molecule has 0 fully saturated rings. The molecule has 16 heavy (non-hydrogen) atoms. The molecule has 0 bridgehead atoms. The number of hydrogen-bond donors (Lipinski definition) is 1. The normalized spacial score (nSPS) is 11.1. The molecule has 0 aliphatic carbocycles. The molecule has 0 spiro atoms. The standard InChI is InChI=1S/C12H11FN2O/c1-8-12(14)11(15-16-8)6-5-9-3-2-4-10(13)7-9/h2-7H,14H2,1H3. The number of nitrogen functional groups attached to an aromatic ring is 1. The van der Waals surface area contributed by atoms with E-state index in [0.717, 1.165) is 5.56 Å². The molecular formula is C12H11FN2O. The van der Waals surface area contributed by atoms with Crippen molar-refractivity contribution < 1.29 is 8.91 Å². The molecule has 2 rings (SSSR count). The Bertz CT molecular complexity index is 532. The molecule has 0 amide bonds. The molecule has 0 saturated heterocycles. The summed E-state index contributed by atoms with van der Waals surface area (Å²) in [5, 5.41) is 3.77. The van der Waals surface area contributed by atoms with Crippen molar-refractivity contribution in [2.45, 2.75) is 6.92 Å². The van der Waals surface area contributed by atoms with E-state index in [1.54, 1.807) is 31.2 Å². The van der Waals surface area contributed by atoms with Gasteiger partial charge >= 0.3 is 0 Å². The first kappa shape index (κ1) is 10.4. The highest BCUT2D eigenvalue weighted by atomic mass is 19.1. The minimum atomic E-state index is -0.272. The molecule has 0 aliphatic heterocycles. The lowest BCUT2D eigenvalue weighted by molar-refractivity contribution is 0.397. The Hall–Kier alpha value is -2.10. The third-order valence-electron chi connectivity index (χ3n) is 2.22. The number of hydrogen-bond acceptors (Lipinski definition) is 3. The molecule has 82 valence electrons. The van der Waals surface area contributed by atoms with Crippen LogP contribution in [-0.2, 0) is 0 Å². The summed E-state index contributed by atoms with van der Waals surface area (Å²) in [6.45, 7) is 1.74. The second-order valence-electron chi connectivity index (χ2n) is 3.43. The Morgan fingerprint density at radius 2 is 2.19 bits per heavy atom. The Morgan fingerprint density at radius 1 is 1.38 bits per heavy atom. The first-order valence-corrected chi connectivity index (χ1v) is 4.82. The van der Waals surface area contributed by atoms with Gasteiger partial charge in [-0.2, -0.15) is 0 Å². The molecule has 1 aromatic heterocycles. The van der Waals surface area contributed by atoms with Gasteiger partial charge in [-0.05, 0) is 30.7 Å². The molecule has 1 heterocycles. The Morgan fingerprint density at radius 3 is 2.81 bits per heavy atom. The second kappa shape index (κ2) is 4.18. The Labute approximate surface area is 92.4 Å². The number of nitrogens with two attached hydrogens (primary N) is 1. The van der Waals surface area contributed by atoms with Crippen LogP contribution in [0.15, 0.2) is 28.8 Å². The van der Waals surface area contributed by atoms with Gasteiger partial charge in [0.15, 0.2) is 5.76 Å². The highest BCUT2D eigenvalue weighted by molar-refractivity contribution is 5.73. The first-order valence-electron chi connectivity index (χ1n) is 4.82. The third kappa shape index (κ3) is 2.11. The van der Waals surface area contributed by atoms with E-state index in [-0.39, 0.29) is 5.82 Å². The second-order valence-corrected chi connectivity index (χ2v) is 3.43. The summed E-state index contributed by atoms with van der Waals surface area (Å²) >= 11 is 0. The van der Waals surface area contributed by atoms with E-state index in [4.69, 9.17) is 10.3 Å². The molecule has 2 N–H and O–H groups in total. The van der Waals surface area contributed by atoms with Gasteiger partial charge in [-0.15, -0.1) is 0 Å². The number of aryl methyl sites for hydroxylation is 1. The summed E-state index contributed by atoms with van der Waals surface area (Å²) in [6.07, 6.45) is 3.43. The fourth-order valence-electron chi connectivity index (χ4n) is 1.30. The van der Waals surface area contributed by atoms with Crippen molar-refractivity contribution in [2.24, 2.45) is 0 Å². The van der Waals surface area contributed by atoms with Crippen LogP contribution < -0.4 is 5.73 Å². The van der Waals surface area contributed by atoms with Crippen LogP contribution in [0.1, 0.15) is 17.0 Å². The molecular weight excluding hydrogens is 207 g/mol. The van der Waals surface area contributed by atoms with Crippen LogP contribution in [0.25, 0.3) is 12.2 Å². The number of anilines is 1. The van der Waals surface area contributed by atoms with Crippen molar-refractivity contribution in [2.75, 3.05) is 5.73 Å². The number of rotatable bonds is 2. The fourth-order valence-corrected chi connectivity index (χ4v) is 1.30. The highest BCUT2D eigenvalue weighted by Gasteiger charge is 2.04. The minimum Gasteiger partial charge on any atom is -0.394 e. The van der Waals surface area contributed by atoms with E-state index >= 15 is 0 Å². The average molecular weight is 218 g/mol. The van der Waals surface area contributed by atoms with Crippen LogP contribution in [0.3, 0.4) is 0 Å². The third-order valence-corrected chi connectivity index (χ3v) is 2.22. The van der Waals surface area contributed by atoms with Gasteiger partial charge in [-0.3, -0.25) is 0 Å². The van der Waals surface area contributed by atoms with E-state index in [2.05, 4.69) is 5.16 Å². The highest BCUT2D eigenvalue weighted by Crippen LogP contribution is 2.18. The molecule has 0 radical (unpaired) electrons. The van der Waals surface area contributed by atoms with Crippen molar-refractivity contribution in [3.8, 4) is 0 Å². The zero-order chi connectivity index (χ0) is 11.5. The maximum Gasteiger partial charge on any atom is 0.157 e. The lowest BCUT2D eigenvalue weighted by Gasteiger charge is -1.92. The molecule has 0 aliphatic rings. The summed E-state index contributed by atoms with van der Waals surface area (Å²) in [6, 6.07) is 6.26. The Balaban J connectivity index is 2.24. The van der Waals surface area contributed by atoms with Crippen LogP contribution in [0.4, 0.5) is 10.1 Å². The fraction of sp³-hybridized carbons (Fsp3) is 0.0833. The molecule has 0 saturated carbocycles. The van der Waals surface area contributed by atoms with Crippen LogP contribution in [0, 0.1) is 12.7 Å². The van der Waals surface area contributed by atoms with Crippen LogP contribution in [0.2, 0.25) is 0 Å². The van der Waals surface area contributed by atoms with Gasteiger partial charge < -0.3 is 10.3 Å². The van der Waals surface area contributed by atoms with Gasteiger partial charge in [0.05, 0.1) is 0 Å². The Kier molecular flexibility index (Phi) is 2.72. The van der Waals surface area contributed by atoms with E-state index in [0.29, 0.717) is 17.1 Å². The summed E-state index contributed by atoms with van der Waals surface area (Å²) in [4.78, 5) is 0. The van der Waals surface area contributed by atoms with Gasteiger partial charge in [-0.1, -0.05) is 23.4 Å². The SMILES string of the molecule is Cc1onc(C=Cc2cccc(F)c2)c1N. The van der Waals surface area contributed by atoms with Crippen molar-refractivity contribution >= 4 is 17.8 Å².